The summed E-state index contributed by atoms with van der Waals surface area (Å²) in [6, 6.07) is 0. The van der Waals surface area contributed by atoms with Gasteiger partial charge in [0.2, 0.25) is 0 Å². The van der Waals surface area contributed by atoms with Gasteiger partial charge in [0.1, 0.15) is 0 Å². The molecule has 0 bridgehead atoms. The van der Waals surface area contributed by atoms with E-state index in [0.29, 0.717) is 13.2 Å². The van der Waals surface area contributed by atoms with Gasteiger partial charge in [-0.3, -0.25) is 0 Å². The van der Waals surface area contributed by atoms with Gasteiger partial charge < -0.3 is 15.5 Å². The number of nitrogens with one attached hydrogen (secondary N) is 1. The van der Waals surface area contributed by atoms with E-state index >= 15 is 0 Å². The average Bonchev–Trinajstić information content (AvgIpc) is 2.26. The van der Waals surface area contributed by atoms with Crippen molar-refractivity contribution in [1.82, 2.24) is 5.32 Å². The monoisotopic (exact) mass is 253 g/mol. The van der Waals surface area contributed by atoms with Crippen LogP contribution >= 0.6 is 23.5 Å². The molecule has 0 unspecified atom stereocenters. The van der Waals surface area contributed by atoms with E-state index in [9.17, 15) is 0 Å². The number of thioether (sulfide) groups is 2. The molecule has 3 nitrogen and oxygen atoms in total. The van der Waals surface area contributed by atoms with Crippen LogP contribution in [0.25, 0.3) is 0 Å². The molecule has 0 aromatic rings. The molecule has 0 aliphatic rings. The Labute approximate surface area is 101 Å². The first-order valence-corrected chi connectivity index (χ1v) is 7.80. The van der Waals surface area contributed by atoms with Crippen LogP contribution in [0.1, 0.15) is 12.8 Å². The first-order valence-electron chi connectivity index (χ1n) is 5.49. The van der Waals surface area contributed by atoms with E-state index in [1.807, 2.05) is 0 Å². The predicted octanol–water partition coefficient (Wildman–Crippen LogP) is 0.807. The zero-order chi connectivity index (χ0) is 11.2. The van der Waals surface area contributed by atoms with Gasteiger partial charge in [0.05, 0.1) is 13.2 Å². The third-order valence-corrected chi connectivity index (χ3v) is 3.85. The van der Waals surface area contributed by atoms with E-state index in [1.54, 1.807) is 23.5 Å². The summed E-state index contributed by atoms with van der Waals surface area (Å²) in [6.07, 6.45) is 2.35. The first-order chi connectivity index (χ1) is 7.41. The number of hydrogen-bond acceptors (Lipinski definition) is 5. The number of aliphatic hydroxyl groups is 2. The van der Waals surface area contributed by atoms with Crippen molar-refractivity contribution >= 4 is 23.5 Å². The minimum Gasteiger partial charge on any atom is -0.396 e. The predicted molar refractivity (Wildman–Crippen MR) is 70.9 cm³/mol. The Morgan fingerprint density at radius 1 is 0.733 bits per heavy atom. The van der Waals surface area contributed by atoms with Gasteiger partial charge in [-0.15, -0.1) is 0 Å². The molecular weight excluding hydrogens is 230 g/mol. The molecule has 0 aliphatic carbocycles. The zero-order valence-electron chi connectivity index (χ0n) is 9.28. The van der Waals surface area contributed by atoms with Gasteiger partial charge in [-0.2, -0.15) is 23.5 Å². The largest absolute Gasteiger partial charge is 0.396 e. The fourth-order valence-electron chi connectivity index (χ4n) is 1.06. The Balaban J connectivity index is 2.81. The van der Waals surface area contributed by atoms with E-state index in [4.69, 9.17) is 10.2 Å². The maximum Gasteiger partial charge on any atom is 0.0521 e. The van der Waals surface area contributed by atoms with Crippen LogP contribution in [0.3, 0.4) is 0 Å². The molecule has 0 aliphatic heterocycles. The van der Waals surface area contributed by atoms with Crippen molar-refractivity contribution in [2.24, 2.45) is 0 Å². The van der Waals surface area contributed by atoms with Crippen LogP contribution in [0.2, 0.25) is 0 Å². The SMILES string of the molecule is OCCSCCCNCCCSCCO. The normalized spacial score (nSPS) is 10.8. The highest BCUT2D eigenvalue weighted by atomic mass is 32.2. The molecule has 0 saturated carbocycles. The van der Waals surface area contributed by atoms with Gasteiger partial charge in [-0.05, 0) is 37.4 Å². The number of aliphatic hydroxyl groups excluding tert-OH is 2. The fraction of sp³-hybridized carbons (Fsp3) is 1.00. The molecular formula is C10H23NO2S2. The summed E-state index contributed by atoms with van der Waals surface area (Å²) in [5.41, 5.74) is 0. The van der Waals surface area contributed by atoms with Crippen molar-refractivity contribution in [3.63, 3.8) is 0 Å². The average molecular weight is 253 g/mol. The highest BCUT2D eigenvalue weighted by Gasteiger charge is 1.91. The Morgan fingerprint density at radius 2 is 1.20 bits per heavy atom. The summed E-state index contributed by atoms with van der Waals surface area (Å²) in [7, 11) is 0. The van der Waals surface area contributed by atoms with Crippen molar-refractivity contribution in [1.29, 1.82) is 0 Å². The molecule has 0 radical (unpaired) electrons. The molecule has 5 heteroatoms. The molecule has 0 amide bonds. The van der Waals surface area contributed by atoms with E-state index in [1.165, 1.54) is 12.8 Å². The van der Waals surface area contributed by atoms with E-state index in [-0.39, 0.29) is 0 Å². The van der Waals surface area contributed by atoms with Crippen molar-refractivity contribution < 1.29 is 10.2 Å². The molecule has 0 saturated heterocycles. The minimum absolute atomic E-state index is 0.292. The Bertz CT molecular complexity index is 106. The standard InChI is InChI=1S/C10H23NO2S2/c12-5-9-14-7-1-3-11-4-2-8-15-10-6-13/h11-13H,1-10H2. The quantitative estimate of drug-likeness (QED) is 0.449. The van der Waals surface area contributed by atoms with Crippen LogP contribution < -0.4 is 5.32 Å². The number of hydrogen-bond donors (Lipinski definition) is 3. The lowest BCUT2D eigenvalue weighted by Gasteiger charge is -2.04. The lowest BCUT2D eigenvalue weighted by atomic mass is 10.4. The maximum absolute atomic E-state index is 8.55. The van der Waals surface area contributed by atoms with E-state index in [0.717, 1.165) is 36.1 Å². The summed E-state index contributed by atoms with van der Waals surface area (Å²) in [6.45, 7) is 2.73. The highest BCUT2D eigenvalue weighted by molar-refractivity contribution is 7.99. The van der Waals surface area contributed by atoms with Crippen molar-refractivity contribution in [2.45, 2.75) is 12.8 Å². The lowest BCUT2D eigenvalue weighted by Crippen LogP contribution is -2.17. The van der Waals surface area contributed by atoms with Crippen molar-refractivity contribution in [3.05, 3.63) is 0 Å². The minimum atomic E-state index is 0.292. The van der Waals surface area contributed by atoms with Gasteiger partial charge in [0.25, 0.3) is 0 Å². The zero-order valence-corrected chi connectivity index (χ0v) is 10.9. The Hall–Kier alpha value is 0.580. The second kappa shape index (κ2) is 14.6. The van der Waals surface area contributed by atoms with Crippen LogP contribution in [0.15, 0.2) is 0 Å². The van der Waals surface area contributed by atoms with Gasteiger partial charge in [0, 0.05) is 11.5 Å². The maximum atomic E-state index is 8.55. The second-order valence-corrected chi connectivity index (χ2v) is 5.58. The molecule has 0 fully saturated rings. The summed E-state index contributed by atoms with van der Waals surface area (Å²) in [4.78, 5) is 0. The topological polar surface area (TPSA) is 52.5 Å². The van der Waals surface area contributed by atoms with Gasteiger partial charge in [0.15, 0.2) is 0 Å². The third kappa shape index (κ3) is 14.6. The van der Waals surface area contributed by atoms with Crippen molar-refractivity contribution in [3.8, 4) is 0 Å². The molecule has 0 aromatic carbocycles. The van der Waals surface area contributed by atoms with Crippen LogP contribution in [-0.2, 0) is 0 Å². The van der Waals surface area contributed by atoms with Gasteiger partial charge in [-0.1, -0.05) is 0 Å². The van der Waals surface area contributed by atoms with Crippen LogP contribution in [0, 0.1) is 0 Å². The Kier molecular flexibility index (Phi) is 15.1. The van der Waals surface area contributed by atoms with E-state index in [2.05, 4.69) is 5.32 Å². The summed E-state index contributed by atoms with van der Waals surface area (Å²) >= 11 is 3.61. The summed E-state index contributed by atoms with van der Waals surface area (Å²) in [5, 5.41) is 20.5. The van der Waals surface area contributed by atoms with Crippen LogP contribution in [-0.4, -0.2) is 59.5 Å². The van der Waals surface area contributed by atoms with Crippen LogP contribution in [0.4, 0.5) is 0 Å². The molecule has 0 rings (SSSR count). The molecule has 0 atom stereocenters. The first kappa shape index (κ1) is 15.6. The lowest BCUT2D eigenvalue weighted by molar-refractivity contribution is 0.322. The second-order valence-electron chi connectivity index (χ2n) is 3.13. The van der Waals surface area contributed by atoms with E-state index < -0.39 is 0 Å². The smallest absolute Gasteiger partial charge is 0.0521 e. The summed E-state index contributed by atoms with van der Waals surface area (Å²) < 4.78 is 0. The molecule has 0 heterocycles. The Morgan fingerprint density at radius 3 is 1.60 bits per heavy atom. The van der Waals surface area contributed by atoms with Crippen molar-refractivity contribution in [2.75, 3.05) is 49.3 Å². The molecule has 0 aromatic heterocycles. The molecule has 15 heavy (non-hydrogen) atoms. The summed E-state index contributed by atoms with van der Waals surface area (Å²) in [5.74, 6) is 3.98. The highest BCUT2D eigenvalue weighted by Crippen LogP contribution is 2.01. The molecule has 0 spiro atoms. The molecule has 3 N–H and O–H groups in total. The third-order valence-electron chi connectivity index (χ3n) is 1.76. The number of rotatable bonds is 12. The van der Waals surface area contributed by atoms with Gasteiger partial charge in [-0.25, -0.2) is 0 Å². The fourth-order valence-corrected chi connectivity index (χ4v) is 2.42. The van der Waals surface area contributed by atoms with Crippen LogP contribution in [0.5, 0.6) is 0 Å². The molecule has 92 valence electrons. The van der Waals surface area contributed by atoms with Gasteiger partial charge >= 0.3 is 0 Å².